The minimum absolute atomic E-state index is 0.120. The van der Waals surface area contributed by atoms with Gasteiger partial charge in [0.25, 0.3) is 5.56 Å². The molecule has 1 aromatic heterocycles. The van der Waals surface area contributed by atoms with Crippen LogP contribution < -0.4 is 22.1 Å². The lowest BCUT2D eigenvalue weighted by atomic mass is 10.1. The van der Waals surface area contributed by atoms with E-state index in [1.165, 1.54) is 29.8 Å². The number of nitrogens with two attached hydrogens (primary N) is 2. The number of H-pyrrole nitrogens is 1. The van der Waals surface area contributed by atoms with Crippen molar-refractivity contribution in [1.29, 1.82) is 0 Å². The number of thioether (sulfide) groups is 1. The third-order valence-electron chi connectivity index (χ3n) is 5.19. The third-order valence-corrected chi connectivity index (χ3v) is 6.38. The van der Waals surface area contributed by atoms with E-state index in [1.807, 2.05) is 54.6 Å². The number of anilines is 2. The fourth-order valence-electron chi connectivity index (χ4n) is 3.39. The maximum Gasteiger partial charge on any atom is 0.330 e. The zero-order valence-electron chi connectivity index (χ0n) is 18.1. The van der Waals surface area contributed by atoms with E-state index in [0.717, 1.165) is 21.2 Å². The summed E-state index contributed by atoms with van der Waals surface area (Å²) in [7, 11) is 0. The highest BCUT2D eigenvalue weighted by Crippen LogP contribution is 2.34. The molecule has 34 heavy (non-hydrogen) atoms. The first-order valence-electron chi connectivity index (χ1n) is 10.5. The molecular weight excluding hydrogens is 456 g/mol. The molecule has 9 heteroatoms. The summed E-state index contributed by atoms with van der Waals surface area (Å²) in [5, 5.41) is 1.12. The summed E-state index contributed by atoms with van der Waals surface area (Å²) >= 11 is 1.63. The number of hydrogen-bond acceptors (Lipinski definition) is 6. The normalized spacial score (nSPS) is 11.4. The number of nitrogens with zero attached hydrogens (tertiary/aromatic N) is 2. The van der Waals surface area contributed by atoms with Crippen LogP contribution in [-0.4, -0.2) is 9.97 Å². The molecule has 5 N–H and O–H groups in total. The number of rotatable bonds is 8. The van der Waals surface area contributed by atoms with Crippen molar-refractivity contribution >= 4 is 23.3 Å². The summed E-state index contributed by atoms with van der Waals surface area (Å²) in [6, 6.07) is 24.7. The predicted molar refractivity (Wildman–Crippen MR) is 132 cm³/mol. The molecule has 4 rings (SSSR count). The first kappa shape index (κ1) is 23.5. The number of benzene rings is 3. The van der Waals surface area contributed by atoms with Gasteiger partial charge in [-0.15, -0.1) is 11.8 Å². The van der Waals surface area contributed by atoms with E-state index in [9.17, 15) is 4.79 Å². The van der Waals surface area contributed by atoms with Gasteiger partial charge in [-0.2, -0.15) is 8.78 Å². The van der Waals surface area contributed by atoms with Crippen LogP contribution in [0, 0.1) is 0 Å². The molecule has 0 saturated carbocycles. The zero-order valence-corrected chi connectivity index (χ0v) is 18.9. The van der Waals surface area contributed by atoms with E-state index in [2.05, 4.69) is 9.97 Å². The largest absolute Gasteiger partial charge is 0.391 e. The van der Waals surface area contributed by atoms with Crippen LogP contribution in [0.5, 0.6) is 0 Å². The number of aromatic nitrogens is 2. The van der Waals surface area contributed by atoms with Gasteiger partial charge in [0.15, 0.2) is 11.6 Å². The quantitative estimate of drug-likeness (QED) is 0.193. The summed E-state index contributed by atoms with van der Waals surface area (Å²) < 4.78 is 30.1. The zero-order chi connectivity index (χ0) is 24.1. The molecule has 0 fully saturated rings. The van der Waals surface area contributed by atoms with Crippen molar-refractivity contribution in [3.8, 4) is 0 Å². The van der Waals surface area contributed by atoms with E-state index in [0.29, 0.717) is 0 Å². The van der Waals surface area contributed by atoms with Crippen LogP contribution in [0.15, 0.2) is 94.6 Å². The van der Waals surface area contributed by atoms with Crippen molar-refractivity contribution in [1.82, 2.24) is 9.97 Å². The molecule has 0 aliphatic rings. The SMILES string of the molecule is Nc1c(N(N)Cc2ccccc2SCc2ccccc2)nc(C(F)(F)c2ccccc2)[nH]c1=O. The summed E-state index contributed by atoms with van der Waals surface area (Å²) in [5.41, 5.74) is 6.39. The van der Waals surface area contributed by atoms with Gasteiger partial charge in [0.2, 0.25) is 0 Å². The van der Waals surface area contributed by atoms with Crippen LogP contribution in [0.3, 0.4) is 0 Å². The van der Waals surface area contributed by atoms with Crippen molar-refractivity contribution in [2.24, 2.45) is 5.84 Å². The Bertz CT molecular complexity index is 1320. The van der Waals surface area contributed by atoms with Crippen molar-refractivity contribution in [3.63, 3.8) is 0 Å². The van der Waals surface area contributed by atoms with Crippen molar-refractivity contribution in [3.05, 3.63) is 118 Å². The number of aromatic amines is 1. The summed E-state index contributed by atoms with van der Waals surface area (Å²) in [5.74, 6) is 2.39. The number of hydrazine groups is 1. The van der Waals surface area contributed by atoms with Gasteiger partial charge >= 0.3 is 5.92 Å². The molecule has 0 unspecified atom stereocenters. The molecule has 0 saturated heterocycles. The summed E-state index contributed by atoms with van der Waals surface area (Å²) in [6.07, 6.45) is 0. The van der Waals surface area contributed by atoms with E-state index in [-0.39, 0.29) is 23.6 Å². The Hall–Kier alpha value is -3.69. The Kier molecular flexibility index (Phi) is 6.95. The van der Waals surface area contributed by atoms with Crippen molar-refractivity contribution in [2.75, 3.05) is 10.7 Å². The molecule has 0 spiro atoms. The van der Waals surface area contributed by atoms with E-state index in [1.54, 1.807) is 17.8 Å². The Morgan fingerprint density at radius 1 is 0.941 bits per heavy atom. The average molecular weight is 480 g/mol. The monoisotopic (exact) mass is 479 g/mol. The van der Waals surface area contributed by atoms with Crippen LogP contribution in [0.2, 0.25) is 0 Å². The minimum Gasteiger partial charge on any atom is -0.391 e. The van der Waals surface area contributed by atoms with Crippen LogP contribution in [-0.2, 0) is 18.2 Å². The van der Waals surface area contributed by atoms with Crippen molar-refractivity contribution in [2.45, 2.75) is 23.1 Å². The number of hydrogen-bond donors (Lipinski definition) is 3. The lowest BCUT2D eigenvalue weighted by molar-refractivity contribution is 0.0327. The molecule has 3 aromatic carbocycles. The fourth-order valence-corrected chi connectivity index (χ4v) is 4.40. The number of alkyl halides is 2. The highest BCUT2D eigenvalue weighted by atomic mass is 32.2. The Balaban J connectivity index is 1.61. The molecular formula is C25H23F2N5OS. The molecule has 0 aliphatic carbocycles. The average Bonchev–Trinajstić information content (AvgIpc) is 2.86. The van der Waals surface area contributed by atoms with Gasteiger partial charge in [-0.1, -0.05) is 78.9 Å². The first-order chi connectivity index (χ1) is 16.4. The topological polar surface area (TPSA) is 101 Å². The highest BCUT2D eigenvalue weighted by Gasteiger charge is 2.38. The van der Waals surface area contributed by atoms with E-state index in [4.69, 9.17) is 11.6 Å². The smallest absolute Gasteiger partial charge is 0.330 e. The summed E-state index contributed by atoms with van der Waals surface area (Å²) in [4.78, 5) is 19.4. The van der Waals surface area contributed by atoms with Gasteiger partial charge in [0.1, 0.15) is 5.69 Å². The lowest BCUT2D eigenvalue weighted by Gasteiger charge is -2.23. The Morgan fingerprint density at radius 3 is 2.26 bits per heavy atom. The van der Waals surface area contributed by atoms with Gasteiger partial charge in [-0.3, -0.25) is 9.80 Å². The van der Waals surface area contributed by atoms with Crippen LogP contribution in [0.1, 0.15) is 22.5 Å². The van der Waals surface area contributed by atoms with Crippen molar-refractivity contribution < 1.29 is 8.78 Å². The minimum atomic E-state index is -3.53. The molecule has 0 atom stereocenters. The van der Waals surface area contributed by atoms with Gasteiger partial charge in [0.05, 0.1) is 6.54 Å². The molecule has 0 amide bonds. The molecule has 0 aliphatic heterocycles. The Labute approximate surface area is 199 Å². The van der Waals surface area contributed by atoms with Gasteiger partial charge in [0, 0.05) is 16.2 Å². The molecule has 0 radical (unpaired) electrons. The third kappa shape index (κ3) is 5.11. The standard InChI is InChI=1S/C25H23F2N5OS/c26-25(27,19-12-5-2-6-13-19)24-30-22(21(28)23(33)31-24)32(29)15-18-11-7-8-14-20(18)34-16-17-9-3-1-4-10-17/h1-14H,15-16,28-29H2,(H,30,31,33). The second-order valence-corrected chi connectivity index (χ2v) is 8.62. The van der Waals surface area contributed by atoms with Crippen LogP contribution in [0.25, 0.3) is 0 Å². The van der Waals surface area contributed by atoms with E-state index < -0.39 is 17.3 Å². The molecule has 4 aromatic rings. The second-order valence-electron chi connectivity index (χ2n) is 7.60. The van der Waals surface area contributed by atoms with Crippen LogP contribution >= 0.6 is 11.8 Å². The first-order valence-corrected chi connectivity index (χ1v) is 11.5. The van der Waals surface area contributed by atoms with E-state index >= 15 is 8.78 Å². The van der Waals surface area contributed by atoms with Gasteiger partial charge < -0.3 is 10.7 Å². The maximum absolute atomic E-state index is 15.1. The Morgan fingerprint density at radius 2 is 1.56 bits per heavy atom. The summed E-state index contributed by atoms with van der Waals surface area (Å²) in [6.45, 7) is 0.120. The van der Waals surface area contributed by atoms with Gasteiger partial charge in [-0.05, 0) is 17.2 Å². The molecule has 1 heterocycles. The van der Waals surface area contributed by atoms with Gasteiger partial charge in [-0.25, -0.2) is 10.8 Å². The fraction of sp³-hybridized carbons (Fsp3) is 0.120. The lowest BCUT2D eigenvalue weighted by Crippen LogP contribution is -2.36. The molecule has 0 bridgehead atoms. The second kappa shape index (κ2) is 10.1. The number of nitrogen functional groups attached to an aromatic ring is 1. The number of nitrogens with one attached hydrogen (secondary N) is 1. The maximum atomic E-state index is 15.1. The predicted octanol–water partition coefficient (Wildman–Crippen LogP) is 4.66. The van der Waals surface area contributed by atoms with Crippen LogP contribution in [0.4, 0.5) is 20.3 Å². The highest BCUT2D eigenvalue weighted by molar-refractivity contribution is 7.98. The molecule has 6 nitrogen and oxygen atoms in total. The number of halogens is 2. The molecule has 174 valence electrons.